The Bertz CT molecular complexity index is 819. The number of halogens is 1. The van der Waals surface area contributed by atoms with E-state index in [2.05, 4.69) is 0 Å². The number of nitrogens with zero attached hydrogens (tertiary/aromatic N) is 1. The standard InChI is InChI=1S/C21H22FNO4/c22-18-8-4-15(5-9-18)12-21(20(26)27)10-1-11-23(14-21)19(25)17-6-2-16(13-24)3-7-17/h2-9,24H,1,10-14H2,(H,26,27). The van der Waals surface area contributed by atoms with Gasteiger partial charge in [0.15, 0.2) is 0 Å². The van der Waals surface area contributed by atoms with Gasteiger partial charge in [0.25, 0.3) is 5.91 Å². The van der Waals surface area contributed by atoms with Crippen LogP contribution in [0, 0.1) is 11.2 Å². The van der Waals surface area contributed by atoms with Gasteiger partial charge in [-0.25, -0.2) is 4.39 Å². The zero-order valence-electron chi connectivity index (χ0n) is 14.9. The lowest BCUT2D eigenvalue weighted by Gasteiger charge is -2.40. The summed E-state index contributed by atoms with van der Waals surface area (Å²) in [4.78, 5) is 26.5. The largest absolute Gasteiger partial charge is 0.481 e. The Hall–Kier alpha value is -2.73. The Morgan fingerprint density at radius 2 is 1.67 bits per heavy atom. The summed E-state index contributed by atoms with van der Waals surface area (Å²) >= 11 is 0. The quantitative estimate of drug-likeness (QED) is 0.847. The number of carboxylic acids is 1. The van der Waals surface area contributed by atoms with Crippen LogP contribution in [0.3, 0.4) is 0 Å². The van der Waals surface area contributed by atoms with Gasteiger partial charge in [-0.3, -0.25) is 9.59 Å². The number of carbonyl (C=O) groups excluding carboxylic acids is 1. The van der Waals surface area contributed by atoms with Crippen LogP contribution >= 0.6 is 0 Å². The Balaban J connectivity index is 1.81. The number of likely N-dealkylation sites (tertiary alicyclic amines) is 1. The van der Waals surface area contributed by atoms with Gasteiger partial charge < -0.3 is 15.1 Å². The van der Waals surface area contributed by atoms with E-state index in [0.717, 1.165) is 5.56 Å². The molecule has 2 aromatic rings. The van der Waals surface area contributed by atoms with Crippen LogP contribution in [0.25, 0.3) is 0 Å². The number of rotatable bonds is 5. The molecule has 0 spiro atoms. The minimum absolute atomic E-state index is 0.0992. The monoisotopic (exact) mass is 371 g/mol. The highest BCUT2D eigenvalue weighted by Crippen LogP contribution is 2.35. The highest BCUT2D eigenvalue weighted by molar-refractivity contribution is 5.94. The maximum absolute atomic E-state index is 13.1. The number of aliphatic hydroxyl groups excluding tert-OH is 1. The number of hydrogen-bond acceptors (Lipinski definition) is 3. The lowest BCUT2D eigenvalue weighted by Crippen LogP contribution is -2.51. The zero-order chi connectivity index (χ0) is 19.4. The first-order chi connectivity index (χ1) is 12.9. The number of hydrogen-bond donors (Lipinski definition) is 2. The molecular formula is C21H22FNO4. The van der Waals surface area contributed by atoms with Gasteiger partial charge in [-0.05, 0) is 54.7 Å². The Kier molecular flexibility index (Phi) is 5.56. The summed E-state index contributed by atoms with van der Waals surface area (Å²) in [6, 6.07) is 12.5. The number of piperidine rings is 1. The fourth-order valence-electron chi connectivity index (χ4n) is 3.63. The molecule has 6 heteroatoms. The van der Waals surface area contributed by atoms with E-state index < -0.39 is 11.4 Å². The highest BCUT2D eigenvalue weighted by atomic mass is 19.1. The van der Waals surface area contributed by atoms with Crippen molar-refractivity contribution in [2.45, 2.75) is 25.9 Å². The minimum Gasteiger partial charge on any atom is -0.481 e. The third kappa shape index (κ3) is 4.17. The summed E-state index contributed by atoms with van der Waals surface area (Å²) < 4.78 is 13.1. The number of aliphatic carboxylic acids is 1. The highest BCUT2D eigenvalue weighted by Gasteiger charge is 2.43. The van der Waals surface area contributed by atoms with Crippen molar-refractivity contribution in [3.05, 3.63) is 71.0 Å². The minimum atomic E-state index is -1.09. The summed E-state index contributed by atoms with van der Waals surface area (Å²) in [6.07, 6.45) is 1.30. The Morgan fingerprint density at radius 1 is 1.04 bits per heavy atom. The fraction of sp³-hybridized carbons (Fsp3) is 0.333. The lowest BCUT2D eigenvalue weighted by molar-refractivity contribution is -0.151. The van der Waals surface area contributed by atoms with E-state index in [-0.39, 0.29) is 31.3 Å². The third-order valence-electron chi connectivity index (χ3n) is 5.16. The molecule has 1 aliphatic rings. The van der Waals surface area contributed by atoms with Crippen molar-refractivity contribution < 1.29 is 24.2 Å². The van der Waals surface area contributed by atoms with Crippen molar-refractivity contribution in [3.8, 4) is 0 Å². The van der Waals surface area contributed by atoms with Gasteiger partial charge in [0, 0.05) is 18.7 Å². The molecule has 0 radical (unpaired) electrons. The fourth-order valence-corrected chi connectivity index (χ4v) is 3.63. The van der Waals surface area contributed by atoms with Crippen LogP contribution in [0.4, 0.5) is 4.39 Å². The van der Waals surface area contributed by atoms with Gasteiger partial charge in [0.2, 0.25) is 0 Å². The molecule has 3 rings (SSSR count). The predicted octanol–water partition coefficient (Wildman–Crippen LogP) is 2.87. The van der Waals surface area contributed by atoms with Crippen LogP contribution in [-0.4, -0.2) is 40.1 Å². The second-order valence-electron chi connectivity index (χ2n) is 7.07. The van der Waals surface area contributed by atoms with E-state index in [4.69, 9.17) is 5.11 Å². The van der Waals surface area contributed by atoms with Crippen molar-refractivity contribution in [3.63, 3.8) is 0 Å². The number of amides is 1. The molecule has 27 heavy (non-hydrogen) atoms. The SMILES string of the molecule is O=C(c1ccc(CO)cc1)N1CCCC(Cc2ccc(F)cc2)(C(=O)O)C1. The Morgan fingerprint density at radius 3 is 2.26 bits per heavy atom. The van der Waals surface area contributed by atoms with Gasteiger partial charge >= 0.3 is 5.97 Å². The second-order valence-corrected chi connectivity index (χ2v) is 7.07. The van der Waals surface area contributed by atoms with Crippen LogP contribution in [0.2, 0.25) is 0 Å². The van der Waals surface area contributed by atoms with Gasteiger partial charge in [-0.1, -0.05) is 24.3 Å². The third-order valence-corrected chi connectivity index (χ3v) is 5.16. The zero-order valence-corrected chi connectivity index (χ0v) is 14.9. The van der Waals surface area contributed by atoms with Crippen molar-refractivity contribution in [2.24, 2.45) is 5.41 Å². The molecule has 2 N–H and O–H groups in total. The molecule has 1 saturated heterocycles. The van der Waals surface area contributed by atoms with Gasteiger partial charge in [0.05, 0.1) is 12.0 Å². The van der Waals surface area contributed by atoms with Crippen LogP contribution < -0.4 is 0 Å². The molecule has 1 unspecified atom stereocenters. The molecule has 142 valence electrons. The van der Waals surface area contributed by atoms with Crippen LogP contribution in [0.15, 0.2) is 48.5 Å². The first-order valence-electron chi connectivity index (χ1n) is 8.90. The van der Waals surface area contributed by atoms with Crippen molar-refractivity contribution in [2.75, 3.05) is 13.1 Å². The smallest absolute Gasteiger partial charge is 0.311 e. The summed E-state index contributed by atoms with van der Waals surface area (Å²) in [5, 5.41) is 19.0. The molecule has 2 aromatic carbocycles. The first kappa shape index (κ1) is 19.0. The molecule has 1 atom stereocenters. The molecule has 0 aromatic heterocycles. The van der Waals surface area contributed by atoms with E-state index in [9.17, 15) is 19.1 Å². The van der Waals surface area contributed by atoms with E-state index in [1.807, 2.05) is 0 Å². The van der Waals surface area contributed by atoms with Crippen LogP contribution in [-0.2, 0) is 17.8 Å². The number of carboxylic acid groups (broad SMARTS) is 1. The first-order valence-corrected chi connectivity index (χ1v) is 8.90. The summed E-state index contributed by atoms with van der Waals surface area (Å²) in [5.74, 6) is -1.53. The molecule has 0 saturated carbocycles. The van der Waals surface area contributed by atoms with E-state index in [1.165, 1.54) is 12.1 Å². The average Bonchev–Trinajstić information content (AvgIpc) is 2.69. The molecular weight excluding hydrogens is 349 g/mol. The van der Waals surface area contributed by atoms with Gasteiger partial charge in [0.1, 0.15) is 5.82 Å². The molecule has 1 fully saturated rings. The maximum atomic E-state index is 13.1. The van der Waals surface area contributed by atoms with E-state index in [0.29, 0.717) is 30.5 Å². The van der Waals surface area contributed by atoms with Crippen molar-refractivity contribution in [1.82, 2.24) is 4.90 Å². The molecule has 1 aliphatic heterocycles. The van der Waals surface area contributed by atoms with E-state index >= 15 is 0 Å². The van der Waals surface area contributed by atoms with Gasteiger partial charge in [-0.15, -0.1) is 0 Å². The Labute approximate surface area is 157 Å². The molecule has 1 amide bonds. The molecule has 0 aliphatic carbocycles. The predicted molar refractivity (Wildman–Crippen MR) is 97.7 cm³/mol. The summed E-state index contributed by atoms with van der Waals surface area (Å²) in [6.45, 7) is 0.511. The molecule has 5 nitrogen and oxygen atoms in total. The maximum Gasteiger partial charge on any atom is 0.311 e. The molecule has 1 heterocycles. The normalized spacial score (nSPS) is 19.7. The number of carbonyl (C=O) groups is 2. The van der Waals surface area contributed by atoms with Crippen LogP contribution in [0.5, 0.6) is 0 Å². The average molecular weight is 371 g/mol. The summed E-state index contributed by atoms with van der Waals surface area (Å²) in [5.41, 5.74) is 0.827. The van der Waals surface area contributed by atoms with Gasteiger partial charge in [-0.2, -0.15) is 0 Å². The number of aliphatic hydroxyl groups is 1. The summed E-state index contributed by atoms with van der Waals surface area (Å²) in [7, 11) is 0. The van der Waals surface area contributed by atoms with Crippen LogP contribution in [0.1, 0.15) is 34.3 Å². The topological polar surface area (TPSA) is 77.8 Å². The number of benzene rings is 2. The van der Waals surface area contributed by atoms with Crippen molar-refractivity contribution >= 4 is 11.9 Å². The molecule has 0 bridgehead atoms. The lowest BCUT2D eigenvalue weighted by atomic mass is 9.75. The van der Waals surface area contributed by atoms with E-state index in [1.54, 1.807) is 41.3 Å². The second kappa shape index (κ2) is 7.88. The van der Waals surface area contributed by atoms with Crippen molar-refractivity contribution in [1.29, 1.82) is 0 Å².